The van der Waals surface area contributed by atoms with E-state index in [1.165, 1.54) is 28.8 Å². The highest BCUT2D eigenvalue weighted by atomic mass is 35.5. The number of nitrogens with one attached hydrogen (secondary N) is 1. The van der Waals surface area contributed by atoms with E-state index >= 15 is 0 Å². The number of amides is 1. The molecule has 180 valence electrons. The van der Waals surface area contributed by atoms with Gasteiger partial charge in [-0.1, -0.05) is 6.07 Å². The van der Waals surface area contributed by atoms with E-state index in [0.29, 0.717) is 31.9 Å². The summed E-state index contributed by atoms with van der Waals surface area (Å²) in [5, 5.41) is 2.61. The highest BCUT2D eigenvalue weighted by molar-refractivity contribution is 7.89. The van der Waals surface area contributed by atoms with Gasteiger partial charge in [-0.05, 0) is 31.3 Å². The van der Waals surface area contributed by atoms with Crippen molar-refractivity contribution in [2.75, 3.05) is 44.3 Å². The van der Waals surface area contributed by atoms with Crippen LogP contribution in [0.2, 0.25) is 0 Å². The first-order chi connectivity index (χ1) is 15.8. The summed E-state index contributed by atoms with van der Waals surface area (Å²) in [6.45, 7) is 1.75. The van der Waals surface area contributed by atoms with Crippen molar-refractivity contribution in [3.8, 4) is 11.3 Å². The Morgan fingerprint density at radius 3 is 2.50 bits per heavy atom. The van der Waals surface area contributed by atoms with Crippen LogP contribution in [0.25, 0.3) is 11.3 Å². The normalized spacial score (nSPS) is 14.9. The van der Waals surface area contributed by atoms with Crippen molar-refractivity contribution >= 4 is 39.8 Å². The number of carbonyl (C=O) groups is 1. The molecule has 0 radical (unpaired) electrons. The number of nitrogens with zero attached hydrogens (tertiary/aromatic N) is 5. The molecule has 1 amide bonds. The van der Waals surface area contributed by atoms with Crippen molar-refractivity contribution in [1.29, 1.82) is 0 Å². The van der Waals surface area contributed by atoms with Crippen LogP contribution in [0, 0.1) is 5.82 Å². The van der Waals surface area contributed by atoms with E-state index in [1.807, 2.05) is 11.9 Å². The van der Waals surface area contributed by atoms with E-state index in [1.54, 1.807) is 18.3 Å². The third kappa shape index (κ3) is 5.30. The Morgan fingerprint density at radius 2 is 1.88 bits per heavy atom. The minimum atomic E-state index is -3.96. The molecular formula is C21H23ClFN7O3S. The molecule has 1 aromatic carbocycles. The van der Waals surface area contributed by atoms with Crippen molar-refractivity contribution in [3.05, 3.63) is 60.4 Å². The van der Waals surface area contributed by atoms with Crippen LogP contribution in [0.15, 0.2) is 53.8 Å². The van der Waals surface area contributed by atoms with Gasteiger partial charge in [0.25, 0.3) is 5.91 Å². The van der Waals surface area contributed by atoms with Crippen molar-refractivity contribution in [1.82, 2.24) is 24.2 Å². The molecule has 0 bridgehead atoms. The lowest BCUT2D eigenvalue weighted by Gasteiger charge is -2.31. The lowest BCUT2D eigenvalue weighted by Crippen LogP contribution is -2.47. The van der Waals surface area contributed by atoms with E-state index < -0.39 is 26.6 Å². The number of nitrogen functional groups attached to an aromatic ring is 1. The number of pyridine rings is 1. The van der Waals surface area contributed by atoms with E-state index in [4.69, 9.17) is 5.73 Å². The first-order valence-electron chi connectivity index (χ1n) is 10.1. The zero-order chi connectivity index (χ0) is 23.6. The molecule has 0 atom stereocenters. The van der Waals surface area contributed by atoms with Crippen molar-refractivity contribution < 1.29 is 17.6 Å². The molecule has 1 aliphatic rings. The van der Waals surface area contributed by atoms with Crippen LogP contribution in [-0.4, -0.2) is 71.7 Å². The molecular weight excluding hydrogens is 485 g/mol. The number of rotatable bonds is 5. The molecule has 0 spiro atoms. The van der Waals surface area contributed by atoms with Gasteiger partial charge in [0.05, 0.1) is 23.8 Å². The number of halogens is 2. The molecule has 1 aliphatic heterocycles. The Bertz CT molecular complexity index is 1290. The predicted molar refractivity (Wildman–Crippen MR) is 128 cm³/mol. The second-order valence-electron chi connectivity index (χ2n) is 7.54. The SMILES string of the molecule is CN1CCN(S(=O)(=O)c2ccc(-c3cnc(C(=O)Nc4cccnc4)c(N)n3)cc2F)CC1.Cl. The predicted octanol–water partition coefficient (Wildman–Crippen LogP) is 1.87. The number of hydrogen-bond acceptors (Lipinski definition) is 8. The van der Waals surface area contributed by atoms with Gasteiger partial charge >= 0.3 is 0 Å². The number of likely N-dealkylation sites (N-methyl/N-ethyl adjacent to an activating group) is 1. The third-order valence-corrected chi connectivity index (χ3v) is 7.17. The van der Waals surface area contributed by atoms with Gasteiger partial charge in [-0.15, -0.1) is 12.4 Å². The minimum absolute atomic E-state index is 0. The minimum Gasteiger partial charge on any atom is -0.382 e. The van der Waals surface area contributed by atoms with Gasteiger partial charge in [-0.25, -0.2) is 22.8 Å². The maximum Gasteiger partial charge on any atom is 0.278 e. The molecule has 0 saturated carbocycles. The average Bonchev–Trinajstić information content (AvgIpc) is 2.79. The first-order valence-corrected chi connectivity index (χ1v) is 11.5. The fourth-order valence-corrected chi connectivity index (χ4v) is 4.85. The summed E-state index contributed by atoms with van der Waals surface area (Å²) >= 11 is 0. The largest absolute Gasteiger partial charge is 0.382 e. The Kier molecular flexibility index (Phi) is 7.77. The lowest BCUT2D eigenvalue weighted by molar-refractivity contribution is 0.102. The maximum absolute atomic E-state index is 14.8. The van der Waals surface area contributed by atoms with Gasteiger partial charge in [-0.2, -0.15) is 4.31 Å². The van der Waals surface area contributed by atoms with Crippen LogP contribution in [0.1, 0.15) is 10.5 Å². The van der Waals surface area contributed by atoms with Crippen LogP contribution in [0.5, 0.6) is 0 Å². The Hall–Kier alpha value is -3.19. The highest BCUT2D eigenvalue weighted by Gasteiger charge is 2.30. The second kappa shape index (κ2) is 10.4. The molecule has 2 aromatic heterocycles. The number of carbonyl (C=O) groups excluding carboxylic acids is 1. The van der Waals surface area contributed by atoms with Crippen LogP contribution >= 0.6 is 12.4 Å². The summed E-state index contributed by atoms with van der Waals surface area (Å²) in [5.74, 6) is -1.62. The number of piperazine rings is 1. The Balaban J connectivity index is 0.00000324. The first kappa shape index (κ1) is 25.4. The summed E-state index contributed by atoms with van der Waals surface area (Å²) in [4.78, 5) is 26.1. The van der Waals surface area contributed by atoms with E-state index in [9.17, 15) is 17.6 Å². The van der Waals surface area contributed by atoms with Crippen LogP contribution in [0.4, 0.5) is 15.9 Å². The molecule has 1 saturated heterocycles. The van der Waals surface area contributed by atoms with Gasteiger partial charge in [-0.3, -0.25) is 9.78 Å². The topological polar surface area (TPSA) is 134 Å². The molecule has 0 aliphatic carbocycles. The number of aromatic nitrogens is 3. The molecule has 0 unspecified atom stereocenters. The molecule has 1 fully saturated rings. The van der Waals surface area contributed by atoms with Crippen molar-refractivity contribution in [2.24, 2.45) is 0 Å². The van der Waals surface area contributed by atoms with E-state index in [-0.39, 0.29) is 35.2 Å². The molecule has 3 N–H and O–H groups in total. The second-order valence-corrected chi connectivity index (χ2v) is 9.44. The molecule has 3 heterocycles. The van der Waals surface area contributed by atoms with E-state index in [0.717, 1.165) is 6.07 Å². The summed E-state index contributed by atoms with van der Waals surface area (Å²) in [7, 11) is -2.06. The van der Waals surface area contributed by atoms with Gasteiger partial charge < -0.3 is 16.0 Å². The van der Waals surface area contributed by atoms with Crippen molar-refractivity contribution in [3.63, 3.8) is 0 Å². The summed E-state index contributed by atoms with van der Waals surface area (Å²) in [6.07, 6.45) is 4.31. The monoisotopic (exact) mass is 507 g/mol. The standard InChI is InChI=1S/C21H22FN7O3S.ClH/c1-28-7-9-29(10-8-28)33(31,32)18-5-4-14(11-16(18)22)17-13-25-19(20(23)27-17)21(30)26-15-3-2-6-24-12-15;/h2-6,11-13H,7-10H2,1H3,(H2,23,27)(H,26,30);1H. The fourth-order valence-electron chi connectivity index (χ4n) is 3.38. The third-order valence-electron chi connectivity index (χ3n) is 5.24. The van der Waals surface area contributed by atoms with Gasteiger partial charge in [0.1, 0.15) is 10.7 Å². The average molecular weight is 508 g/mol. The maximum atomic E-state index is 14.8. The number of sulfonamides is 1. The molecule has 3 aromatic rings. The Morgan fingerprint density at radius 1 is 1.15 bits per heavy atom. The van der Waals surface area contributed by atoms with Gasteiger partial charge in [0, 0.05) is 37.9 Å². The number of nitrogens with two attached hydrogens (primary N) is 1. The number of hydrogen-bond donors (Lipinski definition) is 2. The molecule has 10 nitrogen and oxygen atoms in total. The lowest BCUT2D eigenvalue weighted by atomic mass is 10.1. The Labute approximate surface area is 202 Å². The van der Waals surface area contributed by atoms with Crippen LogP contribution in [0.3, 0.4) is 0 Å². The quantitative estimate of drug-likeness (QED) is 0.534. The highest BCUT2D eigenvalue weighted by Crippen LogP contribution is 2.26. The zero-order valence-electron chi connectivity index (χ0n) is 18.2. The summed E-state index contributed by atoms with van der Waals surface area (Å²) in [5.41, 5.74) is 6.76. The van der Waals surface area contributed by atoms with Crippen LogP contribution < -0.4 is 11.1 Å². The summed E-state index contributed by atoms with van der Waals surface area (Å²) in [6, 6.07) is 7.03. The van der Waals surface area contributed by atoms with Gasteiger partial charge in [0.2, 0.25) is 10.0 Å². The fraction of sp³-hybridized carbons (Fsp3) is 0.238. The summed E-state index contributed by atoms with van der Waals surface area (Å²) < 4.78 is 41.8. The molecule has 4 rings (SSSR count). The number of benzene rings is 1. The van der Waals surface area contributed by atoms with Crippen LogP contribution in [-0.2, 0) is 10.0 Å². The number of anilines is 2. The van der Waals surface area contributed by atoms with Gasteiger partial charge in [0.15, 0.2) is 11.5 Å². The molecule has 13 heteroatoms. The smallest absolute Gasteiger partial charge is 0.278 e. The van der Waals surface area contributed by atoms with E-state index in [2.05, 4.69) is 20.3 Å². The molecule has 34 heavy (non-hydrogen) atoms. The zero-order valence-corrected chi connectivity index (χ0v) is 19.8. The van der Waals surface area contributed by atoms with Crippen molar-refractivity contribution in [2.45, 2.75) is 4.90 Å².